The maximum atomic E-state index is 14.0. The average molecular weight is 426 g/mol. The average Bonchev–Trinajstić information content (AvgIpc) is 3.40. The largest absolute Gasteiger partial charge is 0.378 e. The Balaban J connectivity index is 1.35. The number of hydrogen-bond donors (Lipinski definition) is 2. The van der Waals surface area contributed by atoms with Gasteiger partial charge in [0.2, 0.25) is 11.9 Å². The zero-order valence-corrected chi connectivity index (χ0v) is 16.6. The van der Waals surface area contributed by atoms with Crippen LogP contribution in [0, 0.1) is 11.6 Å². The van der Waals surface area contributed by atoms with E-state index in [-0.39, 0.29) is 12.1 Å². The minimum Gasteiger partial charge on any atom is -0.378 e. The Morgan fingerprint density at radius 2 is 1.97 bits per heavy atom. The molecule has 1 saturated heterocycles. The zero-order valence-electron chi connectivity index (χ0n) is 16.6. The van der Waals surface area contributed by atoms with Gasteiger partial charge in [-0.3, -0.25) is 0 Å². The summed E-state index contributed by atoms with van der Waals surface area (Å²) in [6.07, 6.45) is 4.14. The highest BCUT2D eigenvalue weighted by Crippen LogP contribution is 2.42. The topological polar surface area (TPSA) is 96.3 Å². The summed E-state index contributed by atoms with van der Waals surface area (Å²) in [6.45, 7) is 2.94. The van der Waals surface area contributed by atoms with Crippen molar-refractivity contribution in [3.8, 4) is 0 Å². The summed E-state index contributed by atoms with van der Waals surface area (Å²) in [6, 6.07) is 2.55. The molecule has 6 rings (SSSR count). The monoisotopic (exact) mass is 426 g/mol. The van der Waals surface area contributed by atoms with Gasteiger partial charge in [0, 0.05) is 18.7 Å². The highest BCUT2D eigenvalue weighted by atomic mass is 19.2. The van der Waals surface area contributed by atoms with Crippen molar-refractivity contribution in [1.82, 2.24) is 29.5 Å². The number of benzene rings is 1. The molecule has 3 aromatic heterocycles. The van der Waals surface area contributed by atoms with Gasteiger partial charge in [0.05, 0.1) is 31.5 Å². The standard InChI is InChI=1S/C20H20F2N8O/c21-13-3-4-14-17(16(13)22)26-15(25-14)10-23-19-28-20(29-5-7-31-8-6-29)27-18-12(11-1-2-11)9-24-30(18)19/h3-4,9,11H,1-2,5-8,10H2,(H,25,26)(H,23,27,28). The minimum absolute atomic E-state index is 0.0197. The highest BCUT2D eigenvalue weighted by molar-refractivity contribution is 5.75. The molecule has 9 nitrogen and oxygen atoms in total. The van der Waals surface area contributed by atoms with E-state index in [1.165, 1.54) is 6.07 Å². The smallest absolute Gasteiger partial charge is 0.230 e. The Morgan fingerprint density at radius 1 is 1.13 bits per heavy atom. The SMILES string of the molecule is Fc1ccc2[nH]c(CNc3nc(N4CCOCC4)nc4c(C5CC5)cnn34)nc2c1F. The summed E-state index contributed by atoms with van der Waals surface area (Å²) in [5.74, 6) is 0.221. The lowest BCUT2D eigenvalue weighted by Crippen LogP contribution is -2.37. The summed E-state index contributed by atoms with van der Waals surface area (Å²) in [5.41, 5.74) is 2.34. The Morgan fingerprint density at radius 3 is 2.77 bits per heavy atom. The molecule has 0 atom stereocenters. The van der Waals surface area contributed by atoms with Gasteiger partial charge in [-0.15, -0.1) is 0 Å². The predicted octanol–water partition coefficient (Wildman–Crippen LogP) is 2.60. The van der Waals surface area contributed by atoms with Crippen molar-refractivity contribution in [2.45, 2.75) is 25.3 Å². The molecule has 1 aliphatic carbocycles. The lowest BCUT2D eigenvalue weighted by molar-refractivity contribution is 0.122. The molecule has 1 aromatic carbocycles. The van der Waals surface area contributed by atoms with Gasteiger partial charge in [-0.25, -0.2) is 13.8 Å². The van der Waals surface area contributed by atoms with Crippen LogP contribution in [0.4, 0.5) is 20.7 Å². The summed E-state index contributed by atoms with van der Waals surface area (Å²) >= 11 is 0. The number of aromatic amines is 1. The fourth-order valence-corrected chi connectivity index (χ4v) is 3.90. The number of nitrogens with zero attached hydrogens (tertiary/aromatic N) is 6. The normalized spacial score (nSPS) is 17.0. The second kappa shape index (κ2) is 7.12. The number of anilines is 2. The zero-order chi connectivity index (χ0) is 20.9. The predicted molar refractivity (Wildman–Crippen MR) is 109 cm³/mol. The van der Waals surface area contributed by atoms with Crippen LogP contribution in [0.1, 0.15) is 30.1 Å². The highest BCUT2D eigenvalue weighted by Gasteiger charge is 2.29. The number of ether oxygens (including phenoxy) is 1. The number of aromatic nitrogens is 6. The molecule has 4 aromatic rings. The van der Waals surface area contributed by atoms with Gasteiger partial charge in [-0.1, -0.05) is 0 Å². The van der Waals surface area contributed by atoms with Crippen molar-refractivity contribution in [2.75, 3.05) is 36.5 Å². The van der Waals surface area contributed by atoms with Crippen LogP contribution in [0.25, 0.3) is 16.7 Å². The van der Waals surface area contributed by atoms with Crippen LogP contribution in [-0.2, 0) is 11.3 Å². The number of halogens is 2. The van der Waals surface area contributed by atoms with Gasteiger partial charge in [-0.2, -0.15) is 19.6 Å². The molecular weight excluding hydrogens is 406 g/mol. The van der Waals surface area contributed by atoms with Crippen molar-refractivity contribution in [3.05, 3.63) is 41.4 Å². The minimum atomic E-state index is -0.958. The molecule has 1 saturated carbocycles. The Labute approximate surface area is 175 Å². The van der Waals surface area contributed by atoms with Crippen LogP contribution < -0.4 is 10.2 Å². The van der Waals surface area contributed by atoms with Crippen LogP contribution in [0.5, 0.6) is 0 Å². The van der Waals surface area contributed by atoms with Gasteiger partial charge in [0.15, 0.2) is 17.3 Å². The first-order chi connectivity index (χ1) is 15.2. The molecule has 0 unspecified atom stereocenters. The van der Waals surface area contributed by atoms with Crippen molar-refractivity contribution in [1.29, 1.82) is 0 Å². The van der Waals surface area contributed by atoms with Crippen molar-refractivity contribution in [3.63, 3.8) is 0 Å². The summed E-state index contributed by atoms with van der Waals surface area (Å²) in [5, 5.41) is 7.73. The second-order valence-corrected chi connectivity index (χ2v) is 7.85. The Hall–Kier alpha value is -3.34. The number of fused-ring (bicyclic) bond motifs is 2. The van der Waals surface area contributed by atoms with Crippen molar-refractivity contribution >= 4 is 28.6 Å². The summed E-state index contributed by atoms with van der Waals surface area (Å²) in [7, 11) is 0. The third-order valence-corrected chi connectivity index (χ3v) is 5.70. The summed E-state index contributed by atoms with van der Waals surface area (Å²) < 4.78 is 34.6. The molecule has 0 amide bonds. The molecule has 11 heteroatoms. The second-order valence-electron chi connectivity index (χ2n) is 7.85. The fourth-order valence-electron chi connectivity index (χ4n) is 3.90. The molecule has 0 bridgehead atoms. The Bertz CT molecular complexity index is 1280. The molecular formula is C20H20F2N8O. The molecule has 0 spiro atoms. The van der Waals surface area contributed by atoms with Crippen LogP contribution in [0.15, 0.2) is 18.3 Å². The van der Waals surface area contributed by atoms with Gasteiger partial charge in [0.25, 0.3) is 0 Å². The first-order valence-electron chi connectivity index (χ1n) is 10.3. The molecule has 31 heavy (non-hydrogen) atoms. The van der Waals surface area contributed by atoms with Crippen LogP contribution >= 0.6 is 0 Å². The van der Waals surface area contributed by atoms with E-state index in [2.05, 4.69) is 25.3 Å². The number of rotatable bonds is 5. The molecule has 0 radical (unpaired) electrons. The number of imidazole rings is 1. The van der Waals surface area contributed by atoms with E-state index in [1.807, 2.05) is 6.20 Å². The van der Waals surface area contributed by atoms with Crippen molar-refractivity contribution in [2.24, 2.45) is 0 Å². The van der Waals surface area contributed by atoms with E-state index >= 15 is 0 Å². The van der Waals surface area contributed by atoms with E-state index in [9.17, 15) is 8.78 Å². The van der Waals surface area contributed by atoms with E-state index in [4.69, 9.17) is 14.7 Å². The van der Waals surface area contributed by atoms with Crippen LogP contribution in [0.3, 0.4) is 0 Å². The molecule has 160 valence electrons. The first kappa shape index (κ1) is 18.4. The van der Waals surface area contributed by atoms with E-state index in [0.29, 0.717) is 42.4 Å². The van der Waals surface area contributed by atoms with E-state index in [1.54, 1.807) is 4.52 Å². The number of morpholine rings is 1. The molecule has 2 fully saturated rings. The molecule has 4 heterocycles. The third kappa shape index (κ3) is 3.25. The maximum absolute atomic E-state index is 14.0. The van der Waals surface area contributed by atoms with Crippen molar-refractivity contribution < 1.29 is 13.5 Å². The fraction of sp³-hybridized carbons (Fsp3) is 0.400. The first-order valence-corrected chi connectivity index (χ1v) is 10.3. The molecule has 2 aliphatic rings. The number of nitrogens with one attached hydrogen (secondary N) is 2. The number of hydrogen-bond acceptors (Lipinski definition) is 7. The van der Waals surface area contributed by atoms with Gasteiger partial charge >= 0.3 is 0 Å². The van der Waals surface area contributed by atoms with Crippen LogP contribution in [-0.4, -0.2) is 55.9 Å². The third-order valence-electron chi connectivity index (χ3n) is 5.70. The lowest BCUT2D eigenvalue weighted by Gasteiger charge is -2.27. The lowest BCUT2D eigenvalue weighted by atomic mass is 10.2. The van der Waals surface area contributed by atoms with Crippen LogP contribution in [0.2, 0.25) is 0 Å². The van der Waals surface area contributed by atoms with E-state index < -0.39 is 11.6 Å². The number of H-pyrrole nitrogens is 1. The molecule has 1 aliphatic heterocycles. The van der Waals surface area contributed by atoms with E-state index in [0.717, 1.165) is 43.2 Å². The quantitative estimate of drug-likeness (QED) is 0.506. The van der Waals surface area contributed by atoms with Gasteiger partial charge < -0.3 is 19.9 Å². The van der Waals surface area contributed by atoms with Gasteiger partial charge in [0.1, 0.15) is 11.3 Å². The maximum Gasteiger partial charge on any atom is 0.230 e. The summed E-state index contributed by atoms with van der Waals surface area (Å²) in [4.78, 5) is 18.8. The molecule has 2 N–H and O–H groups in total. The van der Waals surface area contributed by atoms with Gasteiger partial charge in [-0.05, 0) is 30.9 Å². The Kier molecular flexibility index (Phi) is 4.23.